The van der Waals surface area contributed by atoms with Gasteiger partial charge in [0.1, 0.15) is 0 Å². The van der Waals surface area contributed by atoms with Crippen LogP contribution in [0.4, 0.5) is 0 Å². The number of carbonyl (C=O) groups is 1. The first-order valence-electron chi connectivity index (χ1n) is 4.75. The first-order chi connectivity index (χ1) is 5.83. The van der Waals surface area contributed by atoms with Gasteiger partial charge < -0.3 is 5.11 Å². The summed E-state index contributed by atoms with van der Waals surface area (Å²) in [5.74, 6) is -0.185. The molecule has 0 aliphatic rings. The number of carboxylic acid groups (broad SMARTS) is 1. The van der Waals surface area contributed by atoms with E-state index in [1.807, 2.05) is 0 Å². The highest BCUT2D eigenvalue weighted by Crippen LogP contribution is 2.26. The lowest BCUT2D eigenvalue weighted by Crippen LogP contribution is -2.09. The summed E-state index contributed by atoms with van der Waals surface area (Å²) in [6, 6.07) is 0. The maximum atomic E-state index is 10.3. The third-order valence-corrected chi connectivity index (χ3v) is 2.04. The Bertz CT molecular complexity index is 190. The van der Waals surface area contributed by atoms with Gasteiger partial charge >= 0.3 is 5.97 Å². The van der Waals surface area contributed by atoms with Gasteiger partial charge in [-0.05, 0) is 17.8 Å². The quantitative estimate of drug-likeness (QED) is 0.667. The number of hydrogen-bond acceptors (Lipinski definition) is 1. The van der Waals surface area contributed by atoms with Gasteiger partial charge in [-0.25, -0.2) is 4.79 Å². The molecule has 2 heteroatoms. The summed E-state index contributed by atoms with van der Waals surface area (Å²) in [4.78, 5) is 10.3. The third kappa shape index (κ3) is 7.57. The highest BCUT2D eigenvalue weighted by Gasteiger charge is 2.14. The molecule has 0 unspecified atom stereocenters. The molecule has 1 N–H and O–H groups in total. The van der Waals surface area contributed by atoms with Crippen LogP contribution < -0.4 is 0 Å². The Kier molecular flexibility index (Phi) is 4.74. The summed E-state index contributed by atoms with van der Waals surface area (Å²) in [5, 5.41) is 8.47. The van der Waals surface area contributed by atoms with Crippen molar-refractivity contribution in [1.82, 2.24) is 0 Å². The van der Waals surface area contributed by atoms with E-state index in [-0.39, 0.29) is 5.41 Å². The SMILES string of the molecule is CC(C)CCC(C)(C)/C=C/C(=O)O. The minimum absolute atomic E-state index is 0.00264. The van der Waals surface area contributed by atoms with E-state index in [0.717, 1.165) is 12.8 Å². The summed E-state index contributed by atoms with van der Waals surface area (Å²) in [5.41, 5.74) is 0.00264. The van der Waals surface area contributed by atoms with Crippen LogP contribution in [0, 0.1) is 11.3 Å². The molecule has 13 heavy (non-hydrogen) atoms. The fraction of sp³-hybridized carbons (Fsp3) is 0.727. The zero-order valence-corrected chi connectivity index (χ0v) is 9.00. The average Bonchev–Trinajstić information content (AvgIpc) is 1.98. The number of rotatable bonds is 5. The zero-order valence-electron chi connectivity index (χ0n) is 9.00. The molecule has 0 saturated heterocycles. The Morgan fingerprint density at radius 1 is 1.46 bits per heavy atom. The lowest BCUT2D eigenvalue weighted by molar-refractivity contribution is -0.131. The van der Waals surface area contributed by atoms with Crippen LogP contribution in [0.15, 0.2) is 12.2 Å². The van der Waals surface area contributed by atoms with Gasteiger partial charge in [-0.1, -0.05) is 40.2 Å². The number of hydrogen-bond donors (Lipinski definition) is 1. The standard InChI is InChI=1S/C11H20O2/c1-9(2)5-7-11(3,4)8-6-10(12)13/h6,8-9H,5,7H2,1-4H3,(H,12,13)/b8-6+. The monoisotopic (exact) mass is 184 g/mol. The lowest BCUT2D eigenvalue weighted by atomic mass is 9.85. The second-order valence-electron chi connectivity index (χ2n) is 4.59. The normalized spacial score (nSPS) is 12.7. The highest BCUT2D eigenvalue weighted by atomic mass is 16.4. The van der Waals surface area contributed by atoms with Gasteiger partial charge in [0.2, 0.25) is 0 Å². The van der Waals surface area contributed by atoms with E-state index in [4.69, 9.17) is 5.11 Å². The summed E-state index contributed by atoms with van der Waals surface area (Å²) < 4.78 is 0. The molecule has 0 heterocycles. The zero-order chi connectivity index (χ0) is 10.5. The van der Waals surface area contributed by atoms with Crippen molar-refractivity contribution < 1.29 is 9.90 Å². The molecule has 0 aromatic heterocycles. The van der Waals surface area contributed by atoms with Crippen LogP contribution in [0.1, 0.15) is 40.5 Å². The minimum atomic E-state index is -0.863. The molecule has 0 saturated carbocycles. The topological polar surface area (TPSA) is 37.3 Å². The molecule has 0 rings (SSSR count). The van der Waals surface area contributed by atoms with E-state index in [1.54, 1.807) is 6.08 Å². The lowest BCUT2D eigenvalue weighted by Gasteiger charge is -2.20. The van der Waals surface area contributed by atoms with E-state index in [0.29, 0.717) is 5.92 Å². The molecule has 0 amide bonds. The van der Waals surface area contributed by atoms with Crippen molar-refractivity contribution in [1.29, 1.82) is 0 Å². The molecule has 0 fully saturated rings. The number of aliphatic carboxylic acids is 1. The predicted octanol–water partition coefficient (Wildman–Crippen LogP) is 3.09. The van der Waals surface area contributed by atoms with Crippen molar-refractivity contribution >= 4 is 5.97 Å². The Labute approximate surface area is 80.7 Å². The van der Waals surface area contributed by atoms with Crippen LogP contribution in [0.2, 0.25) is 0 Å². The molecule has 2 nitrogen and oxygen atoms in total. The van der Waals surface area contributed by atoms with Crippen molar-refractivity contribution in [3.8, 4) is 0 Å². The van der Waals surface area contributed by atoms with Crippen molar-refractivity contribution in [3.63, 3.8) is 0 Å². The van der Waals surface area contributed by atoms with Crippen LogP contribution in [0.25, 0.3) is 0 Å². The fourth-order valence-electron chi connectivity index (χ4n) is 1.04. The van der Waals surface area contributed by atoms with Gasteiger partial charge in [0.05, 0.1) is 0 Å². The third-order valence-electron chi connectivity index (χ3n) is 2.04. The maximum absolute atomic E-state index is 10.3. The molecule has 0 bridgehead atoms. The molecule has 0 atom stereocenters. The molecule has 0 spiro atoms. The van der Waals surface area contributed by atoms with Crippen LogP contribution in [0.3, 0.4) is 0 Å². The van der Waals surface area contributed by atoms with Crippen LogP contribution in [0.5, 0.6) is 0 Å². The van der Waals surface area contributed by atoms with Gasteiger partial charge in [-0.15, -0.1) is 0 Å². The average molecular weight is 184 g/mol. The van der Waals surface area contributed by atoms with Crippen LogP contribution in [-0.4, -0.2) is 11.1 Å². The Balaban J connectivity index is 4.00. The smallest absolute Gasteiger partial charge is 0.327 e. The van der Waals surface area contributed by atoms with E-state index < -0.39 is 5.97 Å². The molecule has 76 valence electrons. The second-order valence-corrected chi connectivity index (χ2v) is 4.59. The van der Waals surface area contributed by atoms with E-state index in [1.165, 1.54) is 6.08 Å². The first-order valence-corrected chi connectivity index (χ1v) is 4.75. The Morgan fingerprint density at radius 3 is 2.38 bits per heavy atom. The van der Waals surface area contributed by atoms with E-state index >= 15 is 0 Å². The van der Waals surface area contributed by atoms with Gasteiger partial charge in [-0.3, -0.25) is 0 Å². The largest absolute Gasteiger partial charge is 0.478 e. The van der Waals surface area contributed by atoms with Crippen LogP contribution in [-0.2, 0) is 4.79 Å². The first kappa shape index (κ1) is 12.2. The minimum Gasteiger partial charge on any atom is -0.478 e. The summed E-state index contributed by atoms with van der Waals surface area (Å²) >= 11 is 0. The summed E-state index contributed by atoms with van der Waals surface area (Å²) in [7, 11) is 0. The van der Waals surface area contributed by atoms with Gasteiger partial charge in [0, 0.05) is 6.08 Å². The molecule has 0 aliphatic heterocycles. The second kappa shape index (κ2) is 5.05. The fourth-order valence-corrected chi connectivity index (χ4v) is 1.04. The summed E-state index contributed by atoms with van der Waals surface area (Å²) in [6.07, 6.45) is 5.18. The van der Waals surface area contributed by atoms with Gasteiger partial charge in [0.25, 0.3) is 0 Å². The van der Waals surface area contributed by atoms with E-state index in [2.05, 4.69) is 27.7 Å². The Morgan fingerprint density at radius 2 is 2.00 bits per heavy atom. The van der Waals surface area contributed by atoms with Crippen molar-refractivity contribution in [2.45, 2.75) is 40.5 Å². The van der Waals surface area contributed by atoms with E-state index in [9.17, 15) is 4.79 Å². The van der Waals surface area contributed by atoms with Crippen molar-refractivity contribution in [2.24, 2.45) is 11.3 Å². The van der Waals surface area contributed by atoms with Crippen molar-refractivity contribution in [2.75, 3.05) is 0 Å². The molecular formula is C11H20O2. The van der Waals surface area contributed by atoms with Gasteiger partial charge in [0.15, 0.2) is 0 Å². The number of allylic oxidation sites excluding steroid dienone is 1. The highest BCUT2D eigenvalue weighted by molar-refractivity contribution is 5.79. The van der Waals surface area contributed by atoms with Gasteiger partial charge in [-0.2, -0.15) is 0 Å². The molecule has 0 radical (unpaired) electrons. The predicted molar refractivity (Wildman–Crippen MR) is 54.6 cm³/mol. The van der Waals surface area contributed by atoms with Crippen molar-refractivity contribution in [3.05, 3.63) is 12.2 Å². The maximum Gasteiger partial charge on any atom is 0.327 e. The van der Waals surface area contributed by atoms with Crippen LogP contribution >= 0.6 is 0 Å². The molecule has 0 aromatic rings. The number of carboxylic acids is 1. The molecule has 0 aliphatic carbocycles. The molecular weight excluding hydrogens is 164 g/mol. The summed E-state index contributed by atoms with van der Waals surface area (Å²) in [6.45, 7) is 8.48. The Hall–Kier alpha value is -0.790. The molecule has 0 aromatic carbocycles.